The van der Waals surface area contributed by atoms with Crippen LogP contribution in [0.15, 0.2) is 102 Å². The van der Waals surface area contributed by atoms with Crippen LogP contribution in [-0.4, -0.2) is 5.11 Å². The summed E-state index contributed by atoms with van der Waals surface area (Å²) in [5, 5.41) is 12.3. The van der Waals surface area contributed by atoms with Gasteiger partial charge in [0.2, 0.25) is 0 Å². The quantitative estimate of drug-likeness (QED) is 0.404. The first-order chi connectivity index (χ1) is 13.2. The van der Waals surface area contributed by atoms with E-state index in [0.29, 0.717) is 0 Å². The number of rotatable bonds is 2. The number of fused-ring (bicyclic) bond motifs is 3. The fourth-order valence-corrected chi connectivity index (χ4v) is 4.80. The summed E-state index contributed by atoms with van der Waals surface area (Å²) in [6.07, 6.45) is 0. The maximum atomic E-state index is 12.3. The lowest BCUT2D eigenvalue weighted by molar-refractivity contribution is 0.130. The molecule has 5 rings (SSSR count). The summed E-state index contributed by atoms with van der Waals surface area (Å²) < 4.78 is 0.901. The molecule has 0 aliphatic heterocycles. The molecular formula is C25H17BrO. The zero-order valence-electron chi connectivity index (χ0n) is 14.6. The van der Waals surface area contributed by atoms with Crippen molar-refractivity contribution in [1.82, 2.24) is 0 Å². The van der Waals surface area contributed by atoms with Gasteiger partial charge in [0.1, 0.15) is 5.60 Å². The minimum atomic E-state index is -1.21. The molecule has 0 heterocycles. The van der Waals surface area contributed by atoms with Crippen LogP contribution in [0, 0.1) is 0 Å². The van der Waals surface area contributed by atoms with Crippen LogP contribution in [0.2, 0.25) is 0 Å². The van der Waals surface area contributed by atoms with E-state index in [1.807, 2.05) is 60.7 Å². The fourth-order valence-electron chi connectivity index (χ4n) is 4.23. The Balaban J connectivity index is 1.91. The van der Waals surface area contributed by atoms with E-state index in [9.17, 15) is 5.11 Å². The molecule has 1 aliphatic rings. The summed E-state index contributed by atoms with van der Waals surface area (Å²) in [4.78, 5) is 0. The average Bonchev–Trinajstić information content (AvgIpc) is 2.99. The van der Waals surface area contributed by atoms with Gasteiger partial charge < -0.3 is 5.11 Å². The van der Waals surface area contributed by atoms with Gasteiger partial charge in [0.15, 0.2) is 0 Å². The molecular weight excluding hydrogens is 396 g/mol. The van der Waals surface area contributed by atoms with Crippen molar-refractivity contribution in [2.45, 2.75) is 5.60 Å². The lowest BCUT2D eigenvalue weighted by Crippen LogP contribution is -2.27. The van der Waals surface area contributed by atoms with Crippen LogP contribution in [0.5, 0.6) is 0 Å². The first-order valence-electron chi connectivity index (χ1n) is 8.97. The Morgan fingerprint density at radius 2 is 1.15 bits per heavy atom. The molecule has 1 unspecified atom stereocenters. The molecule has 130 valence electrons. The highest BCUT2D eigenvalue weighted by molar-refractivity contribution is 9.10. The molecule has 4 aromatic rings. The molecule has 2 heteroatoms. The molecule has 4 aromatic carbocycles. The fraction of sp³-hybridized carbons (Fsp3) is 0.0400. The number of benzene rings is 4. The van der Waals surface area contributed by atoms with Gasteiger partial charge in [-0.2, -0.15) is 0 Å². The lowest BCUT2D eigenvalue weighted by atomic mass is 9.81. The minimum absolute atomic E-state index is 0.861. The molecule has 0 bridgehead atoms. The first-order valence-corrected chi connectivity index (χ1v) is 9.76. The van der Waals surface area contributed by atoms with E-state index in [0.717, 1.165) is 43.4 Å². The van der Waals surface area contributed by atoms with E-state index in [1.165, 1.54) is 0 Å². The Bertz CT molecular complexity index is 1150. The highest BCUT2D eigenvalue weighted by atomic mass is 79.9. The number of hydrogen-bond acceptors (Lipinski definition) is 1. The molecule has 0 spiro atoms. The second-order valence-electron chi connectivity index (χ2n) is 6.83. The van der Waals surface area contributed by atoms with Crippen LogP contribution in [0.4, 0.5) is 0 Å². The molecule has 0 saturated heterocycles. The molecule has 0 fully saturated rings. The van der Waals surface area contributed by atoms with Crippen LogP contribution >= 0.6 is 15.9 Å². The van der Waals surface area contributed by atoms with Crippen LogP contribution in [0.3, 0.4) is 0 Å². The second-order valence-corrected chi connectivity index (χ2v) is 7.68. The minimum Gasteiger partial charge on any atom is -0.376 e. The Labute approximate surface area is 167 Å². The van der Waals surface area contributed by atoms with Crippen molar-refractivity contribution in [3.63, 3.8) is 0 Å². The second kappa shape index (κ2) is 6.19. The van der Waals surface area contributed by atoms with E-state index in [1.54, 1.807) is 0 Å². The van der Waals surface area contributed by atoms with Gasteiger partial charge >= 0.3 is 0 Å². The molecule has 27 heavy (non-hydrogen) atoms. The predicted molar refractivity (Wildman–Crippen MR) is 114 cm³/mol. The van der Waals surface area contributed by atoms with Crippen molar-refractivity contribution in [2.75, 3.05) is 0 Å². The van der Waals surface area contributed by atoms with Crippen LogP contribution in [-0.2, 0) is 5.60 Å². The first kappa shape index (κ1) is 16.5. The summed E-state index contributed by atoms with van der Waals surface area (Å²) in [5.74, 6) is 0. The normalized spacial score (nSPS) is 17.4. The van der Waals surface area contributed by atoms with Gasteiger partial charge in [-0.1, -0.05) is 107 Å². The molecule has 0 aromatic heterocycles. The number of hydrogen-bond donors (Lipinski definition) is 1. The molecule has 0 amide bonds. The van der Waals surface area contributed by atoms with E-state index in [2.05, 4.69) is 52.3 Å². The Morgan fingerprint density at radius 3 is 1.93 bits per heavy atom. The molecule has 1 atom stereocenters. The van der Waals surface area contributed by atoms with Crippen LogP contribution in [0.25, 0.3) is 22.3 Å². The summed E-state index contributed by atoms with van der Waals surface area (Å²) in [6.45, 7) is 0. The van der Waals surface area contributed by atoms with E-state index in [-0.39, 0.29) is 0 Å². The third kappa shape index (κ3) is 2.34. The maximum absolute atomic E-state index is 12.3. The highest BCUT2D eigenvalue weighted by Crippen LogP contribution is 2.55. The van der Waals surface area contributed by atoms with Crippen molar-refractivity contribution < 1.29 is 5.11 Å². The monoisotopic (exact) mass is 412 g/mol. The van der Waals surface area contributed by atoms with Crippen molar-refractivity contribution in [2.24, 2.45) is 0 Å². The third-order valence-corrected chi connectivity index (χ3v) is 6.07. The van der Waals surface area contributed by atoms with Gasteiger partial charge in [-0.3, -0.25) is 0 Å². The highest BCUT2D eigenvalue weighted by Gasteiger charge is 2.45. The predicted octanol–water partition coefficient (Wildman–Crippen LogP) is 6.38. The number of aliphatic hydroxyl groups is 1. The molecule has 0 saturated carbocycles. The smallest absolute Gasteiger partial charge is 0.143 e. The average molecular weight is 413 g/mol. The summed E-state index contributed by atoms with van der Waals surface area (Å²) in [5.41, 5.74) is 5.86. The topological polar surface area (TPSA) is 20.2 Å². The van der Waals surface area contributed by atoms with Crippen molar-refractivity contribution in [3.8, 4) is 22.3 Å². The number of halogens is 1. The van der Waals surface area contributed by atoms with Gasteiger partial charge in [0.05, 0.1) is 0 Å². The summed E-state index contributed by atoms with van der Waals surface area (Å²) in [7, 11) is 0. The van der Waals surface area contributed by atoms with Crippen LogP contribution in [0.1, 0.15) is 16.7 Å². The molecule has 1 N–H and O–H groups in total. The van der Waals surface area contributed by atoms with Crippen molar-refractivity contribution >= 4 is 15.9 Å². The Morgan fingerprint density at radius 1 is 0.556 bits per heavy atom. The van der Waals surface area contributed by atoms with E-state index >= 15 is 0 Å². The van der Waals surface area contributed by atoms with E-state index in [4.69, 9.17) is 0 Å². The van der Waals surface area contributed by atoms with Gasteiger partial charge in [-0.15, -0.1) is 0 Å². The zero-order chi connectivity index (χ0) is 18.4. The van der Waals surface area contributed by atoms with Gasteiger partial charge in [0, 0.05) is 21.2 Å². The van der Waals surface area contributed by atoms with Crippen LogP contribution < -0.4 is 0 Å². The largest absolute Gasteiger partial charge is 0.376 e. The summed E-state index contributed by atoms with van der Waals surface area (Å²) >= 11 is 3.67. The summed E-state index contributed by atoms with van der Waals surface area (Å²) in [6, 6.07) is 32.6. The van der Waals surface area contributed by atoms with Gasteiger partial charge in [-0.25, -0.2) is 0 Å². The van der Waals surface area contributed by atoms with Crippen molar-refractivity contribution in [1.29, 1.82) is 0 Å². The molecule has 1 nitrogen and oxygen atoms in total. The molecule has 0 radical (unpaired) electrons. The van der Waals surface area contributed by atoms with Gasteiger partial charge in [0.25, 0.3) is 0 Å². The van der Waals surface area contributed by atoms with Crippen molar-refractivity contribution in [3.05, 3.63) is 118 Å². The standard InChI is InChI=1S/C25H17BrO/c26-23-16-7-6-15-22(23)25(27)21-14-5-4-11-19(21)20-13-8-12-18(24(20)25)17-9-2-1-3-10-17/h1-16,27H. The lowest BCUT2D eigenvalue weighted by Gasteiger charge is -2.29. The maximum Gasteiger partial charge on any atom is 0.143 e. The zero-order valence-corrected chi connectivity index (χ0v) is 16.1. The Hall–Kier alpha value is -2.68. The molecule has 1 aliphatic carbocycles. The Kier molecular flexibility index (Phi) is 3.78. The third-order valence-electron chi connectivity index (χ3n) is 5.38. The van der Waals surface area contributed by atoms with Gasteiger partial charge in [-0.05, 0) is 28.3 Å². The van der Waals surface area contributed by atoms with E-state index < -0.39 is 5.60 Å². The SMILES string of the molecule is OC1(c2ccccc2Br)c2ccccc2-c2cccc(-c3ccccc3)c21.